The first-order valence-corrected chi connectivity index (χ1v) is 7.06. The van der Waals surface area contributed by atoms with Crippen LogP contribution in [0.3, 0.4) is 0 Å². The van der Waals surface area contributed by atoms with Crippen LogP contribution in [0.5, 0.6) is 5.75 Å². The van der Waals surface area contributed by atoms with Crippen molar-refractivity contribution in [1.29, 1.82) is 0 Å². The Morgan fingerprint density at radius 3 is 2.64 bits per heavy atom. The van der Waals surface area contributed by atoms with Crippen LogP contribution in [0.1, 0.15) is 24.0 Å². The Kier molecular flexibility index (Phi) is 5.12. The Morgan fingerprint density at radius 2 is 2.00 bits per heavy atom. The van der Waals surface area contributed by atoms with Gasteiger partial charge in [0.1, 0.15) is 0 Å². The molecule has 2 rings (SSSR count). The first-order valence-electron chi connectivity index (χ1n) is 6.68. The third-order valence-corrected chi connectivity index (χ3v) is 3.46. The normalized spacial score (nSPS) is 12.5. The maximum atomic E-state index is 11.9. The van der Waals surface area contributed by atoms with Crippen molar-refractivity contribution < 1.29 is 10.0 Å². The molecule has 0 N–H and O–H groups in total. The molecule has 0 unspecified atom stereocenters. The second kappa shape index (κ2) is 7.04. The highest BCUT2D eigenvalue weighted by Crippen LogP contribution is 2.30. The molecule has 0 aliphatic carbocycles. The monoisotopic (exact) mass is 317 g/mol. The van der Waals surface area contributed by atoms with Crippen LogP contribution in [0, 0.1) is 10.1 Å². The van der Waals surface area contributed by atoms with Crippen molar-refractivity contribution in [1.82, 2.24) is 0 Å². The molecule has 0 spiro atoms. The van der Waals surface area contributed by atoms with Gasteiger partial charge in [-0.05, 0) is 22.9 Å². The number of hydrogen-bond donors (Lipinski definition) is 0. The standard InChI is InChI=1S/C16H15ClN2O3/c1-11(12-5-3-2-4-6-12)9-18-10-13-7-14(17)8-15(16(13)20)19(21)22/h2-8,10-11,20H,9H2,1H3/p-1/t11-/m0/s1. The summed E-state index contributed by atoms with van der Waals surface area (Å²) in [6.45, 7) is 2.50. The van der Waals surface area contributed by atoms with Crippen molar-refractivity contribution in [3.05, 3.63) is 68.7 Å². The summed E-state index contributed by atoms with van der Waals surface area (Å²) in [6.07, 6.45) is 1.35. The third kappa shape index (κ3) is 3.83. The lowest BCUT2D eigenvalue weighted by Crippen LogP contribution is -2.03. The number of rotatable bonds is 5. The van der Waals surface area contributed by atoms with Crippen LogP contribution in [0.25, 0.3) is 0 Å². The van der Waals surface area contributed by atoms with E-state index in [9.17, 15) is 15.2 Å². The van der Waals surface area contributed by atoms with E-state index < -0.39 is 16.4 Å². The van der Waals surface area contributed by atoms with Crippen molar-refractivity contribution in [3.8, 4) is 5.75 Å². The molecule has 0 aromatic heterocycles. The smallest absolute Gasteiger partial charge is 0.263 e. The zero-order chi connectivity index (χ0) is 16.1. The zero-order valence-corrected chi connectivity index (χ0v) is 12.7. The minimum Gasteiger partial charge on any atom is -0.867 e. The first kappa shape index (κ1) is 16.0. The largest absolute Gasteiger partial charge is 0.867 e. The summed E-state index contributed by atoms with van der Waals surface area (Å²) in [4.78, 5) is 14.3. The highest BCUT2D eigenvalue weighted by Gasteiger charge is 2.11. The van der Waals surface area contributed by atoms with E-state index in [4.69, 9.17) is 11.6 Å². The van der Waals surface area contributed by atoms with Crippen molar-refractivity contribution in [3.63, 3.8) is 0 Å². The molecule has 0 aliphatic rings. The molecule has 0 bridgehead atoms. The van der Waals surface area contributed by atoms with Crippen LogP contribution in [0.2, 0.25) is 5.02 Å². The second-order valence-corrected chi connectivity index (χ2v) is 5.34. The fraction of sp³-hybridized carbons (Fsp3) is 0.188. The van der Waals surface area contributed by atoms with E-state index in [0.29, 0.717) is 6.54 Å². The Labute approximate surface area is 133 Å². The van der Waals surface area contributed by atoms with Gasteiger partial charge in [0.25, 0.3) is 5.69 Å². The molecule has 0 aliphatic heterocycles. The van der Waals surface area contributed by atoms with Gasteiger partial charge in [0, 0.05) is 29.8 Å². The summed E-state index contributed by atoms with van der Waals surface area (Å²) < 4.78 is 0. The molecule has 5 nitrogen and oxygen atoms in total. The summed E-state index contributed by atoms with van der Waals surface area (Å²) in [5.74, 6) is -0.493. The summed E-state index contributed by atoms with van der Waals surface area (Å²) in [7, 11) is 0. The summed E-state index contributed by atoms with van der Waals surface area (Å²) >= 11 is 5.80. The Balaban J connectivity index is 2.15. The lowest BCUT2D eigenvalue weighted by Gasteiger charge is -2.12. The van der Waals surface area contributed by atoms with Gasteiger partial charge in [0.05, 0.1) is 4.92 Å². The van der Waals surface area contributed by atoms with E-state index in [1.165, 1.54) is 12.3 Å². The molecule has 114 valence electrons. The third-order valence-electron chi connectivity index (χ3n) is 3.24. The van der Waals surface area contributed by atoms with E-state index in [1.807, 2.05) is 37.3 Å². The quantitative estimate of drug-likeness (QED) is 0.480. The molecular formula is C16H14ClN2O3-. The Hall–Kier alpha value is -2.40. The fourth-order valence-corrected chi connectivity index (χ4v) is 2.25. The molecular weight excluding hydrogens is 304 g/mol. The van der Waals surface area contributed by atoms with Crippen molar-refractivity contribution >= 4 is 23.5 Å². The van der Waals surface area contributed by atoms with Crippen molar-refractivity contribution in [2.24, 2.45) is 4.99 Å². The predicted molar refractivity (Wildman–Crippen MR) is 84.9 cm³/mol. The molecule has 22 heavy (non-hydrogen) atoms. The predicted octanol–water partition coefficient (Wildman–Crippen LogP) is 3.54. The number of nitro benzene ring substituents is 1. The Bertz CT molecular complexity index is 702. The van der Waals surface area contributed by atoms with Crippen LogP contribution >= 0.6 is 11.6 Å². The van der Waals surface area contributed by atoms with Crippen molar-refractivity contribution in [2.75, 3.05) is 6.54 Å². The van der Waals surface area contributed by atoms with Crippen LogP contribution in [-0.2, 0) is 0 Å². The van der Waals surface area contributed by atoms with Gasteiger partial charge in [-0.3, -0.25) is 15.1 Å². The number of nitrogens with zero attached hydrogens (tertiary/aromatic N) is 2. The molecule has 1 atom stereocenters. The van der Waals surface area contributed by atoms with E-state index in [-0.39, 0.29) is 16.5 Å². The topological polar surface area (TPSA) is 78.6 Å². The van der Waals surface area contributed by atoms with Gasteiger partial charge < -0.3 is 5.11 Å². The van der Waals surface area contributed by atoms with Gasteiger partial charge in [0.15, 0.2) is 0 Å². The molecule has 0 saturated carbocycles. The fourth-order valence-electron chi connectivity index (χ4n) is 2.03. The SMILES string of the molecule is C[C@@H](CN=Cc1cc(Cl)cc([N+](=O)[O-])c1[O-])c1ccccc1. The highest BCUT2D eigenvalue weighted by molar-refractivity contribution is 6.31. The van der Waals surface area contributed by atoms with E-state index in [1.54, 1.807) is 0 Å². The van der Waals surface area contributed by atoms with Crippen LogP contribution in [0.15, 0.2) is 47.5 Å². The van der Waals surface area contributed by atoms with Crippen LogP contribution in [-0.4, -0.2) is 17.7 Å². The highest BCUT2D eigenvalue weighted by atomic mass is 35.5. The maximum absolute atomic E-state index is 11.9. The molecule has 0 amide bonds. The van der Waals surface area contributed by atoms with Gasteiger partial charge >= 0.3 is 0 Å². The van der Waals surface area contributed by atoms with Gasteiger partial charge in [-0.15, -0.1) is 0 Å². The Morgan fingerprint density at radius 1 is 1.32 bits per heavy atom. The lowest BCUT2D eigenvalue weighted by molar-refractivity contribution is -0.398. The second-order valence-electron chi connectivity index (χ2n) is 4.91. The molecule has 2 aromatic rings. The minimum absolute atomic E-state index is 0.125. The average molecular weight is 318 g/mol. The van der Waals surface area contributed by atoms with E-state index in [2.05, 4.69) is 4.99 Å². The first-order chi connectivity index (χ1) is 10.5. The molecule has 0 fully saturated rings. The number of nitro groups is 1. The summed E-state index contributed by atoms with van der Waals surface area (Å²) in [6, 6.07) is 12.3. The van der Waals surface area contributed by atoms with Gasteiger partial charge in [-0.1, -0.05) is 48.9 Å². The van der Waals surface area contributed by atoms with Crippen LogP contribution in [0.4, 0.5) is 5.69 Å². The molecule has 2 aromatic carbocycles. The molecule has 0 heterocycles. The van der Waals surface area contributed by atoms with Gasteiger partial charge in [-0.2, -0.15) is 0 Å². The molecule has 6 heteroatoms. The minimum atomic E-state index is -0.738. The van der Waals surface area contributed by atoms with E-state index in [0.717, 1.165) is 11.6 Å². The molecule has 0 radical (unpaired) electrons. The van der Waals surface area contributed by atoms with Gasteiger partial charge in [-0.25, -0.2) is 0 Å². The summed E-state index contributed by atoms with van der Waals surface area (Å²) in [5, 5.41) is 22.9. The number of halogens is 1. The van der Waals surface area contributed by atoms with Crippen molar-refractivity contribution in [2.45, 2.75) is 12.8 Å². The molecule has 0 saturated heterocycles. The maximum Gasteiger partial charge on any atom is 0.263 e. The lowest BCUT2D eigenvalue weighted by atomic mass is 10.0. The van der Waals surface area contributed by atoms with E-state index >= 15 is 0 Å². The number of benzene rings is 2. The van der Waals surface area contributed by atoms with Gasteiger partial charge in [0.2, 0.25) is 0 Å². The number of aliphatic imine (C=N–C) groups is 1. The zero-order valence-electron chi connectivity index (χ0n) is 11.9. The number of hydrogen-bond acceptors (Lipinski definition) is 4. The summed E-state index contributed by atoms with van der Waals surface area (Å²) in [5.41, 5.74) is 0.726. The average Bonchev–Trinajstić information content (AvgIpc) is 2.50. The van der Waals surface area contributed by atoms with Crippen LogP contribution < -0.4 is 5.11 Å².